The maximum atomic E-state index is 13.5. The van der Waals surface area contributed by atoms with Crippen molar-refractivity contribution in [2.45, 2.75) is 90.6 Å². The lowest BCUT2D eigenvalue weighted by Crippen LogP contribution is -2.49. The molecular weight excluding hydrogens is 360 g/mol. The van der Waals surface area contributed by atoms with Crippen LogP contribution in [0, 0.1) is 59.2 Å². The molecule has 0 radical (unpaired) electrons. The first-order valence-corrected chi connectivity index (χ1v) is 15.8. The molecule has 4 bridgehead atoms. The third kappa shape index (κ3) is 2.66. The van der Waals surface area contributed by atoms with E-state index < -0.39 is 8.07 Å². The highest BCUT2D eigenvalue weighted by atomic mass is 28.3. The molecule has 0 aromatic carbocycles. The topological polar surface area (TPSA) is 26.3 Å². The molecule has 9 unspecified atom stereocenters. The van der Waals surface area contributed by atoms with Crippen LogP contribution in [-0.4, -0.2) is 19.6 Å². The lowest BCUT2D eigenvalue weighted by molar-refractivity contribution is -0.176. The minimum atomic E-state index is -1.05. The number of hydrogen-bond acceptors (Lipinski definition) is 2. The molecule has 5 fully saturated rings. The summed E-state index contributed by atoms with van der Waals surface area (Å²) in [6, 6.07) is 2.64. The summed E-state index contributed by atoms with van der Waals surface area (Å²) in [5, 5.41) is 0. The van der Waals surface area contributed by atoms with Crippen molar-refractivity contribution in [3.8, 4) is 0 Å². The van der Waals surface area contributed by atoms with Crippen LogP contribution >= 0.6 is 0 Å². The molecule has 0 amide bonds. The number of esters is 1. The van der Waals surface area contributed by atoms with Gasteiger partial charge in [-0.15, -0.1) is 0 Å². The molecule has 4 aliphatic carbocycles. The summed E-state index contributed by atoms with van der Waals surface area (Å²) < 4.78 is 6.53. The molecule has 158 valence electrons. The van der Waals surface area contributed by atoms with Crippen molar-refractivity contribution in [3.05, 3.63) is 0 Å². The number of carbonyl (C=O) groups is 1. The summed E-state index contributed by atoms with van der Waals surface area (Å²) >= 11 is 0. The van der Waals surface area contributed by atoms with Crippen LogP contribution in [0.25, 0.3) is 0 Å². The number of fused-ring (bicyclic) bond motifs is 9. The zero-order valence-electron chi connectivity index (χ0n) is 19.0. The van der Waals surface area contributed by atoms with Crippen LogP contribution in [0.4, 0.5) is 0 Å². The van der Waals surface area contributed by atoms with E-state index in [1.165, 1.54) is 24.9 Å². The van der Waals surface area contributed by atoms with Crippen molar-refractivity contribution in [1.29, 1.82) is 0 Å². The second-order valence-electron chi connectivity index (χ2n) is 12.7. The summed E-state index contributed by atoms with van der Waals surface area (Å²) in [6.45, 7) is 14.6. The Bertz CT molecular complexity index is 645. The smallest absolute Gasteiger partial charge is 0.309 e. The third-order valence-electron chi connectivity index (χ3n) is 11.0. The Labute approximate surface area is 173 Å². The predicted octanol–water partition coefficient (Wildman–Crippen LogP) is 6.24. The monoisotopic (exact) mass is 402 g/mol. The maximum Gasteiger partial charge on any atom is 0.309 e. The van der Waals surface area contributed by atoms with E-state index in [0.717, 1.165) is 60.7 Å². The van der Waals surface area contributed by atoms with Gasteiger partial charge in [0, 0.05) is 8.07 Å². The molecule has 1 heterocycles. The molecule has 1 saturated heterocycles. The molecule has 0 N–H and O–H groups in total. The number of carbonyl (C=O) groups excluding carboxylic acids is 1. The van der Waals surface area contributed by atoms with Crippen LogP contribution in [0.1, 0.15) is 59.8 Å². The summed E-state index contributed by atoms with van der Waals surface area (Å²) in [5.41, 5.74) is -0.169. The molecule has 0 aromatic heterocycles. The second kappa shape index (κ2) is 6.34. The van der Waals surface area contributed by atoms with Crippen molar-refractivity contribution >= 4 is 14.0 Å². The van der Waals surface area contributed by atoms with Gasteiger partial charge in [0.25, 0.3) is 0 Å². The van der Waals surface area contributed by atoms with Crippen molar-refractivity contribution in [2.75, 3.05) is 0 Å². The van der Waals surface area contributed by atoms with Gasteiger partial charge in [0.2, 0.25) is 0 Å². The molecule has 5 aliphatic rings. The van der Waals surface area contributed by atoms with Gasteiger partial charge in [0.1, 0.15) is 5.60 Å². The van der Waals surface area contributed by atoms with E-state index >= 15 is 0 Å². The fraction of sp³-hybridized carbons (Fsp3) is 0.960. The van der Waals surface area contributed by atoms with Crippen LogP contribution in [0.15, 0.2) is 0 Å². The summed E-state index contributed by atoms with van der Waals surface area (Å²) in [5.74, 6) is 7.77. The Kier molecular flexibility index (Phi) is 4.45. The molecule has 3 heteroatoms. The van der Waals surface area contributed by atoms with Gasteiger partial charge < -0.3 is 4.74 Å². The Morgan fingerprint density at radius 1 is 0.929 bits per heavy atom. The summed E-state index contributed by atoms with van der Waals surface area (Å²) in [6.07, 6.45) is 6.16. The second-order valence-corrected chi connectivity index (χ2v) is 18.1. The lowest BCUT2D eigenvalue weighted by Gasteiger charge is -2.47. The minimum Gasteiger partial charge on any atom is -0.459 e. The average molecular weight is 403 g/mol. The predicted molar refractivity (Wildman–Crippen MR) is 117 cm³/mol. The van der Waals surface area contributed by atoms with Crippen molar-refractivity contribution in [2.24, 2.45) is 59.2 Å². The molecule has 1 aliphatic heterocycles. The van der Waals surface area contributed by atoms with E-state index in [9.17, 15) is 4.79 Å². The Morgan fingerprint density at radius 2 is 1.54 bits per heavy atom. The minimum absolute atomic E-state index is 0.169. The highest BCUT2D eigenvalue weighted by molar-refractivity contribution is 6.77. The first-order valence-electron chi connectivity index (χ1n) is 12.4. The zero-order valence-corrected chi connectivity index (χ0v) is 20.0. The van der Waals surface area contributed by atoms with Gasteiger partial charge in [-0.1, -0.05) is 52.9 Å². The third-order valence-corrected chi connectivity index (χ3v) is 14.2. The summed E-state index contributed by atoms with van der Waals surface area (Å²) in [7, 11) is -1.05. The molecule has 0 spiro atoms. The Balaban J connectivity index is 1.31. The van der Waals surface area contributed by atoms with E-state index in [1.807, 2.05) is 0 Å². The molecule has 4 saturated carbocycles. The van der Waals surface area contributed by atoms with Crippen LogP contribution < -0.4 is 0 Å². The van der Waals surface area contributed by atoms with E-state index in [4.69, 9.17) is 4.74 Å². The van der Waals surface area contributed by atoms with Crippen LogP contribution in [0.3, 0.4) is 0 Å². The lowest BCUT2D eigenvalue weighted by atomic mass is 9.62. The molecular formula is C25H42O2Si. The SMILES string of the molecule is CC1C(C)C2CC1C1C3CC(C(=O)OC4(C(C)C)CC[Si](C)(C)CC4)C(C3)C21. The Hall–Kier alpha value is -0.313. The zero-order chi connectivity index (χ0) is 20.0. The van der Waals surface area contributed by atoms with Crippen LogP contribution in [0.5, 0.6) is 0 Å². The quantitative estimate of drug-likeness (QED) is 0.317. The first kappa shape index (κ1) is 19.6. The van der Waals surface area contributed by atoms with Crippen LogP contribution in [0.2, 0.25) is 25.2 Å². The number of rotatable bonds is 3. The molecule has 28 heavy (non-hydrogen) atoms. The van der Waals surface area contributed by atoms with E-state index in [1.54, 1.807) is 0 Å². The van der Waals surface area contributed by atoms with Gasteiger partial charge in [0.15, 0.2) is 0 Å². The van der Waals surface area contributed by atoms with Gasteiger partial charge in [0.05, 0.1) is 5.92 Å². The molecule has 9 atom stereocenters. The van der Waals surface area contributed by atoms with Crippen molar-refractivity contribution in [3.63, 3.8) is 0 Å². The molecule has 5 rings (SSSR count). The highest BCUT2D eigenvalue weighted by Gasteiger charge is 2.67. The first-order chi connectivity index (χ1) is 13.1. The van der Waals surface area contributed by atoms with E-state index in [-0.39, 0.29) is 17.5 Å². The fourth-order valence-electron chi connectivity index (χ4n) is 8.92. The van der Waals surface area contributed by atoms with Gasteiger partial charge >= 0.3 is 5.97 Å². The van der Waals surface area contributed by atoms with Gasteiger partial charge in [-0.3, -0.25) is 4.79 Å². The Morgan fingerprint density at radius 3 is 2.14 bits per heavy atom. The number of ether oxygens (including phenoxy) is 1. The van der Waals surface area contributed by atoms with Gasteiger partial charge in [-0.05, 0) is 85.4 Å². The summed E-state index contributed by atoms with van der Waals surface area (Å²) in [4.78, 5) is 13.5. The average Bonchev–Trinajstić information content (AvgIpc) is 3.36. The van der Waals surface area contributed by atoms with Gasteiger partial charge in [-0.2, -0.15) is 0 Å². The molecule has 2 nitrogen and oxygen atoms in total. The van der Waals surface area contributed by atoms with Crippen molar-refractivity contribution in [1.82, 2.24) is 0 Å². The molecule has 0 aromatic rings. The fourth-order valence-corrected chi connectivity index (χ4v) is 11.4. The normalized spacial score (nSPS) is 50.2. The van der Waals surface area contributed by atoms with Gasteiger partial charge in [-0.25, -0.2) is 0 Å². The maximum absolute atomic E-state index is 13.5. The van der Waals surface area contributed by atoms with Crippen LogP contribution in [-0.2, 0) is 9.53 Å². The standard InChI is InChI=1S/C25H42O2Si/c1-14(2)25(7-9-28(5,6)10-8-25)27-24(26)21-12-17-11-20(21)23-19-13-18(22(17)23)15(3)16(19)4/h14-23H,7-13H2,1-6H3. The highest BCUT2D eigenvalue weighted by Crippen LogP contribution is 2.71. The largest absolute Gasteiger partial charge is 0.459 e. The van der Waals surface area contributed by atoms with E-state index in [2.05, 4.69) is 40.8 Å². The van der Waals surface area contributed by atoms with Crippen molar-refractivity contribution < 1.29 is 9.53 Å². The number of hydrogen-bond donors (Lipinski definition) is 0. The van der Waals surface area contributed by atoms with E-state index in [0.29, 0.717) is 11.8 Å².